The lowest BCUT2D eigenvalue weighted by molar-refractivity contribution is 0.193. The summed E-state index contributed by atoms with van der Waals surface area (Å²) in [6.07, 6.45) is 1.29. The topological polar surface area (TPSA) is 65.3 Å². The number of benzene rings is 2. The Bertz CT molecular complexity index is 671. The minimum atomic E-state index is -0.182. The molecule has 24 heavy (non-hydrogen) atoms. The molecule has 126 valence electrons. The summed E-state index contributed by atoms with van der Waals surface area (Å²) in [6.45, 7) is 1.69. The van der Waals surface area contributed by atoms with Gasteiger partial charge in [-0.1, -0.05) is 41.9 Å². The second-order valence-corrected chi connectivity index (χ2v) is 5.82. The maximum Gasteiger partial charge on any atom is 0.139 e. The van der Waals surface area contributed by atoms with Gasteiger partial charge in [0, 0.05) is 24.1 Å². The van der Waals surface area contributed by atoms with Gasteiger partial charge in [-0.15, -0.1) is 0 Å². The lowest BCUT2D eigenvalue weighted by Gasteiger charge is -2.21. The molecule has 0 spiro atoms. The molecule has 0 aromatic heterocycles. The predicted molar refractivity (Wildman–Crippen MR) is 95.2 cm³/mol. The average molecular weight is 345 g/mol. The summed E-state index contributed by atoms with van der Waals surface area (Å²) < 4.78 is 6.11. The quantitative estimate of drug-likeness (QED) is 0.681. The summed E-state index contributed by atoms with van der Waals surface area (Å²) in [6, 6.07) is 17.1. The molecule has 0 heterocycles. The Kier molecular flexibility index (Phi) is 7.57. The molecule has 0 radical (unpaired) electrons. The predicted octanol–water partition coefficient (Wildman–Crippen LogP) is 3.69. The van der Waals surface area contributed by atoms with Crippen molar-refractivity contribution in [3.8, 4) is 11.8 Å². The standard InChI is InChI=1S/C19H21ClN2O2/c20-17-8-7-16(14-21)19(13-17)24-18(9-11-22-10-4-12-23)15-5-2-1-3-6-15/h1-3,5-8,13,18,22-23H,4,9-12H2/t18-/m1/s1. The number of nitrogens with one attached hydrogen (secondary N) is 1. The molecule has 0 saturated heterocycles. The number of hydrogen-bond donors (Lipinski definition) is 2. The first kappa shape index (κ1) is 18.3. The van der Waals surface area contributed by atoms with Crippen LogP contribution in [-0.4, -0.2) is 24.8 Å². The zero-order valence-corrected chi connectivity index (χ0v) is 14.2. The van der Waals surface area contributed by atoms with Crippen LogP contribution in [0.3, 0.4) is 0 Å². The highest BCUT2D eigenvalue weighted by Gasteiger charge is 2.15. The lowest BCUT2D eigenvalue weighted by Crippen LogP contribution is -2.21. The van der Waals surface area contributed by atoms with Crippen molar-refractivity contribution in [3.63, 3.8) is 0 Å². The Labute approximate surface area is 147 Å². The van der Waals surface area contributed by atoms with Gasteiger partial charge in [0.25, 0.3) is 0 Å². The first-order chi connectivity index (χ1) is 11.7. The highest BCUT2D eigenvalue weighted by atomic mass is 35.5. The largest absolute Gasteiger partial charge is 0.484 e. The fourth-order valence-corrected chi connectivity index (χ4v) is 2.52. The lowest BCUT2D eigenvalue weighted by atomic mass is 10.1. The molecule has 0 aliphatic heterocycles. The summed E-state index contributed by atoms with van der Waals surface area (Å²) in [5.41, 5.74) is 1.51. The Morgan fingerprint density at radius 3 is 2.67 bits per heavy atom. The molecule has 4 nitrogen and oxygen atoms in total. The summed E-state index contributed by atoms with van der Waals surface area (Å²) in [7, 11) is 0. The molecular formula is C19H21ClN2O2. The van der Waals surface area contributed by atoms with Crippen LogP contribution in [0.15, 0.2) is 48.5 Å². The molecule has 0 aliphatic carbocycles. The second kappa shape index (κ2) is 9.94. The molecule has 0 fully saturated rings. The van der Waals surface area contributed by atoms with Crippen molar-refractivity contribution >= 4 is 11.6 Å². The number of hydrogen-bond acceptors (Lipinski definition) is 4. The third-order valence-electron chi connectivity index (χ3n) is 3.60. The molecule has 1 atom stereocenters. The number of ether oxygens (including phenoxy) is 1. The van der Waals surface area contributed by atoms with E-state index in [0.29, 0.717) is 16.3 Å². The third-order valence-corrected chi connectivity index (χ3v) is 3.83. The Balaban J connectivity index is 2.11. The van der Waals surface area contributed by atoms with E-state index >= 15 is 0 Å². The smallest absolute Gasteiger partial charge is 0.139 e. The minimum absolute atomic E-state index is 0.180. The zero-order chi connectivity index (χ0) is 17.2. The molecule has 2 aromatic carbocycles. The van der Waals surface area contributed by atoms with Crippen LogP contribution >= 0.6 is 11.6 Å². The molecule has 0 amide bonds. The van der Waals surface area contributed by atoms with Crippen molar-refractivity contribution in [2.24, 2.45) is 0 Å². The maximum absolute atomic E-state index is 9.26. The Morgan fingerprint density at radius 1 is 1.17 bits per heavy atom. The van der Waals surface area contributed by atoms with Crippen molar-refractivity contribution < 1.29 is 9.84 Å². The highest BCUT2D eigenvalue weighted by Crippen LogP contribution is 2.29. The van der Waals surface area contributed by atoms with Gasteiger partial charge in [0.2, 0.25) is 0 Å². The molecule has 2 rings (SSSR count). The molecular weight excluding hydrogens is 324 g/mol. The fourth-order valence-electron chi connectivity index (χ4n) is 2.36. The molecule has 0 saturated carbocycles. The molecule has 0 bridgehead atoms. The first-order valence-corrected chi connectivity index (χ1v) is 8.35. The number of nitriles is 1. The fraction of sp³-hybridized carbons (Fsp3) is 0.316. The van der Waals surface area contributed by atoms with E-state index in [1.165, 1.54) is 0 Å². The molecule has 2 aromatic rings. The van der Waals surface area contributed by atoms with Crippen LogP contribution in [0.5, 0.6) is 5.75 Å². The summed E-state index contributed by atoms with van der Waals surface area (Å²) in [5.74, 6) is 0.495. The van der Waals surface area contributed by atoms with Crippen molar-refractivity contribution in [2.45, 2.75) is 18.9 Å². The summed E-state index contributed by atoms with van der Waals surface area (Å²) >= 11 is 6.04. The minimum Gasteiger partial charge on any atom is -0.484 e. The third kappa shape index (κ3) is 5.54. The van der Waals surface area contributed by atoms with Gasteiger partial charge in [0.1, 0.15) is 17.9 Å². The maximum atomic E-state index is 9.26. The van der Waals surface area contributed by atoms with Gasteiger partial charge in [-0.2, -0.15) is 5.26 Å². The van der Waals surface area contributed by atoms with Crippen LogP contribution in [0.1, 0.15) is 30.1 Å². The molecule has 5 heteroatoms. The van der Waals surface area contributed by atoms with E-state index in [0.717, 1.165) is 31.5 Å². The Morgan fingerprint density at radius 2 is 1.96 bits per heavy atom. The Hall–Kier alpha value is -2.06. The van der Waals surface area contributed by atoms with E-state index in [9.17, 15) is 5.26 Å². The van der Waals surface area contributed by atoms with Crippen LogP contribution in [0, 0.1) is 11.3 Å². The van der Waals surface area contributed by atoms with Gasteiger partial charge in [0.05, 0.1) is 5.56 Å². The van der Waals surface area contributed by atoms with E-state index < -0.39 is 0 Å². The number of aliphatic hydroxyl groups excluding tert-OH is 1. The van der Waals surface area contributed by atoms with E-state index in [4.69, 9.17) is 21.4 Å². The van der Waals surface area contributed by atoms with Crippen molar-refractivity contribution in [3.05, 3.63) is 64.7 Å². The highest BCUT2D eigenvalue weighted by molar-refractivity contribution is 6.30. The van der Waals surface area contributed by atoms with Crippen molar-refractivity contribution in [1.29, 1.82) is 5.26 Å². The van der Waals surface area contributed by atoms with Gasteiger partial charge in [-0.25, -0.2) is 0 Å². The normalized spacial score (nSPS) is 11.7. The van der Waals surface area contributed by atoms with E-state index in [-0.39, 0.29) is 12.7 Å². The van der Waals surface area contributed by atoms with E-state index in [2.05, 4.69) is 11.4 Å². The van der Waals surface area contributed by atoms with Crippen molar-refractivity contribution in [2.75, 3.05) is 19.7 Å². The average Bonchev–Trinajstić information content (AvgIpc) is 2.61. The van der Waals surface area contributed by atoms with Crippen LogP contribution in [0.4, 0.5) is 0 Å². The van der Waals surface area contributed by atoms with Gasteiger partial charge >= 0.3 is 0 Å². The first-order valence-electron chi connectivity index (χ1n) is 7.97. The molecule has 0 aliphatic rings. The van der Waals surface area contributed by atoms with Gasteiger partial charge in [-0.3, -0.25) is 0 Å². The van der Waals surface area contributed by atoms with E-state index in [1.807, 2.05) is 30.3 Å². The zero-order valence-electron chi connectivity index (χ0n) is 13.4. The van der Waals surface area contributed by atoms with Crippen molar-refractivity contribution in [1.82, 2.24) is 5.32 Å². The van der Waals surface area contributed by atoms with Gasteiger partial charge < -0.3 is 15.2 Å². The number of aliphatic hydroxyl groups is 1. The summed E-state index contributed by atoms with van der Waals surface area (Å²) in [4.78, 5) is 0. The number of halogens is 1. The van der Waals surface area contributed by atoms with Gasteiger partial charge in [0.15, 0.2) is 0 Å². The van der Waals surface area contributed by atoms with Crippen LogP contribution in [0.2, 0.25) is 5.02 Å². The second-order valence-electron chi connectivity index (χ2n) is 5.39. The number of rotatable bonds is 9. The van der Waals surface area contributed by atoms with Gasteiger partial charge in [-0.05, 0) is 37.2 Å². The van der Waals surface area contributed by atoms with Crippen LogP contribution in [0.25, 0.3) is 0 Å². The van der Waals surface area contributed by atoms with E-state index in [1.54, 1.807) is 18.2 Å². The van der Waals surface area contributed by atoms with Crippen LogP contribution < -0.4 is 10.1 Å². The SMILES string of the molecule is N#Cc1ccc(Cl)cc1O[C@H](CCNCCCO)c1ccccc1. The molecule has 2 N–H and O–H groups in total. The number of nitrogens with zero attached hydrogens (tertiary/aromatic N) is 1. The van der Waals surface area contributed by atoms with Crippen LogP contribution in [-0.2, 0) is 0 Å². The summed E-state index contributed by atoms with van der Waals surface area (Å²) in [5, 5.41) is 21.9. The molecule has 0 unspecified atom stereocenters. The monoisotopic (exact) mass is 344 g/mol.